The molecule has 0 spiro atoms. The predicted molar refractivity (Wildman–Crippen MR) is 87.4 cm³/mol. The first-order chi connectivity index (χ1) is 11.5. The number of aryl methyl sites for hydroxylation is 1. The maximum absolute atomic E-state index is 12.4. The third-order valence-electron chi connectivity index (χ3n) is 4.12. The van der Waals surface area contributed by atoms with Crippen molar-refractivity contribution < 1.29 is 19.2 Å². The van der Waals surface area contributed by atoms with Gasteiger partial charge in [-0.2, -0.15) is 4.98 Å². The number of carbonyl (C=O) groups excluding carboxylic acids is 1. The Morgan fingerprint density at radius 3 is 3.00 bits per heavy atom. The summed E-state index contributed by atoms with van der Waals surface area (Å²) < 4.78 is 5.19. The summed E-state index contributed by atoms with van der Waals surface area (Å²) in [7, 11) is 0. The Kier molecular flexibility index (Phi) is 4.94. The van der Waals surface area contributed by atoms with Crippen molar-refractivity contribution in [2.75, 3.05) is 13.1 Å². The normalized spacial score (nSPS) is 21.0. The molecule has 1 aliphatic heterocycles. The highest BCUT2D eigenvalue weighted by Crippen LogP contribution is 2.23. The zero-order chi connectivity index (χ0) is 17.1. The van der Waals surface area contributed by atoms with Crippen molar-refractivity contribution in [2.24, 2.45) is 11.8 Å². The third-order valence-corrected chi connectivity index (χ3v) is 4.99. The number of aliphatic carboxylic acids is 1. The van der Waals surface area contributed by atoms with E-state index >= 15 is 0 Å². The number of carboxylic acids is 1. The van der Waals surface area contributed by atoms with E-state index in [9.17, 15) is 14.7 Å². The molecule has 2 unspecified atom stereocenters. The van der Waals surface area contributed by atoms with Crippen LogP contribution in [0.1, 0.15) is 25.7 Å². The molecule has 1 N–H and O–H groups in total. The van der Waals surface area contributed by atoms with Gasteiger partial charge in [-0.05, 0) is 23.8 Å². The minimum Gasteiger partial charge on any atom is -0.481 e. The molecule has 8 heteroatoms. The average Bonchev–Trinajstić information content (AvgIpc) is 3.23. The van der Waals surface area contributed by atoms with Crippen molar-refractivity contribution in [1.82, 2.24) is 15.0 Å². The van der Waals surface area contributed by atoms with Gasteiger partial charge < -0.3 is 14.5 Å². The molecule has 1 aliphatic rings. The smallest absolute Gasteiger partial charge is 0.308 e. The van der Waals surface area contributed by atoms with E-state index in [1.54, 1.807) is 4.90 Å². The standard InChI is InChI=1S/C16H19N3O4S/c1-10-7-11(16(21)22)9-19(8-10)14(20)5-4-13-17-15(18-23-13)12-3-2-6-24-12/h2-3,6,10-11H,4-5,7-9H2,1H3,(H,21,22). The first kappa shape index (κ1) is 16.6. The van der Waals surface area contributed by atoms with Gasteiger partial charge in [0.1, 0.15) is 0 Å². The molecule has 3 rings (SSSR count). The summed E-state index contributed by atoms with van der Waals surface area (Å²) in [5, 5.41) is 15.0. The van der Waals surface area contributed by atoms with Crippen LogP contribution in [0.5, 0.6) is 0 Å². The SMILES string of the molecule is CC1CC(C(=O)O)CN(C(=O)CCc2nc(-c3cccs3)no2)C1. The van der Waals surface area contributed by atoms with E-state index < -0.39 is 11.9 Å². The van der Waals surface area contributed by atoms with Crippen LogP contribution in [0.15, 0.2) is 22.0 Å². The maximum atomic E-state index is 12.4. The number of thiophene rings is 1. The molecular weight excluding hydrogens is 330 g/mol. The number of likely N-dealkylation sites (tertiary alicyclic amines) is 1. The van der Waals surface area contributed by atoms with E-state index in [0.29, 0.717) is 31.1 Å². The molecule has 128 valence electrons. The topological polar surface area (TPSA) is 96.5 Å². The Bertz CT molecular complexity index is 713. The van der Waals surface area contributed by atoms with Crippen molar-refractivity contribution in [2.45, 2.75) is 26.2 Å². The van der Waals surface area contributed by atoms with Gasteiger partial charge in [-0.25, -0.2) is 0 Å². The first-order valence-electron chi connectivity index (χ1n) is 7.90. The second-order valence-corrected chi connectivity index (χ2v) is 7.11. The Morgan fingerprint density at radius 1 is 1.46 bits per heavy atom. The largest absolute Gasteiger partial charge is 0.481 e. The molecule has 1 fully saturated rings. The molecular formula is C16H19N3O4S. The van der Waals surface area contributed by atoms with Gasteiger partial charge in [-0.15, -0.1) is 11.3 Å². The average molecular weight is 349 g/mol. The van der Waals surface area contributed by atoms with Crippen LogP contribution < -0.4 is 0 Å². The van der Waals surface area contributed by atoms with Gasteiger partial charge in [0, 0.05) is 25.9 Å². The van der Waals surface area contributed by atoms with E-state index in [2.05, 4.69) is 10.1 Å². The summed E-state index contributed by atoms with van der Waals surface area (Å²) >= 11 is 1.52. The molecule has 2 aromatic rings. The number of rotatable bonds is 5. The second kappa shape index (κ2) is 7.12. The number of amides is 1. The Labute approximate surface area is 143 Å². The van der Waals surface area contributed by atoms with Crippen molar-refractivity contribution in [1.29, 1.82) is 0 Å². The van der Waals surface area contributed by atoms with E-state index in [1.807, 2.05) is 24.4 Å². The number of carboxylic acid groups (broad SMARTS) is 1. The van der Waals surface area contributed by atoms with Crippen LogP contribution in [-0.4, -0.2) is 45.1 Å². The number of nitrogens with zero attached hydrogens (tertiary/aromatic N) is 3. The van der Waals surface area contributed by atoms with E-state index in [4.69, 9.17) is 4.52 Å². The van der Waals surface area contributed by atoms with Gasteiger partial charge in [0.25, 0.3) is 0 Å². The van der Waals surface area contributed by atoms with Gasteiger partial charge in [-0.3, -0.25) is 9.59 Å². The van der Waals surface area contributed by atoms with E-state index in [-0.39, 0.29) is 24.8 Å². The van der Waals surface area contributed by atoms with Gasteiger partial charge in [0.15, 0.2) is 0 Å². The molecule has 0 aliphatic carbocycles. The number of piperidine rings is 1. The van der Waals surface area contributed by atoms with Crippen molar-refractivity contribution >= 4 is 23.2 Å². The molecule has 0 radical (unpaired) electrons. The maximum Gasteiger partial charge on any atom is 0.308 e. The molecule has 0 aromatic carbocycles. The predicted octanol–water partition coefficient (Wildman–Crippen LogP) is 2.30. The van der Waals surface area contributed by atoms with Crippen LogP contribution in [0.4, 0.5) is 0 Å². The summed E-state index contributed by atoms with van der Waals surface area (Å²) in [6, 6.07) is 3.82. The quantitative estimate of drug-likeness (QED) is 0.890. The summed E-state index contributed by atoms with van der Waals surface area (Å²) in [6.07, 6.45) is 1.22. The highest BCUT2D eigenvalue weighted by molar-refractivity contribution is 7.13. The minimum absolute atomic E-state index is 0.0660. The summed E-state index contributed by atoms with van der Waals surface area (Å²) in [4.78, 5) is 30.4. The highest BCUT2D eigenvalue weighted by atomic mass is 32.1. The zero-order valence-corrected chi connectivity index (χ0v) is 14.2. The van der Waals surface area contributed by atoms with Crippen LogP contribution >= 0.6 is 11.3 Å². The third kappa shape index (κ3) is 3.81. The minimum atomic E-state index is -0.836. The Balaban J connectivity index is 1.56. The molecule has 3 heterocycles. The Morgan fingerprint density at radius 2 is 2.29 bits per heavy atom. The lowest BCUT2D eigenvalue weighted by Gasteiger charge is -2.34. The number of aromatic nitrogens is 2. The van der Waals surface area contributed by atoms with Crippen LogP contribution in [0.2, 0.25) is 0 Å². The summed E-state index contributed by atoms with van der Waals surface area (Å²) in [5.41, 5.74) is 0. The molecule has 0 saturated carbocycles. The van der Waals surface area contributed by atoms with Crippen LogP contribution in [0, 0.1) is 11.8 Å². The molecule has 1 amide bonds. The first-order valence-corrected chi connectivity index (χ1v) is 8.78. The monoisotopic (exact) mass is 349 g/mol. The molecule has 2 aromatic heterocycles. The number of carbonyl (C=O) groups is 2. The van der Waals surface area contributed by atoms with E-state index in [1.165, 1.54) is 11.3 Å². The van der Waals surface area contributed by atoms with Crippen molar-refractivity contribution in [3.63, 3.8) is 0 Å². The van der Waals surface area contributed by atoms with Gasteiger partial charge >= 0.3 is 5.97 Å². The van der Waals surface area contributed by atoms with E-state index in [0.717, 1.165) is 4.88 Å². The van der Waals surface area contributed by atoms with Crippen LogP contribution in [0.3, 0.4) is 0 Å². The molecule has 0 bridgehead atoms. The van der Waals surface area contributed by atoms with Gasteiger partial charge in [0.2, 0.25) is 17.6 Å². The lowest BCUT2D eigenvalue weighted by Crippen LogP contribution is -2.45. The van der Waals surface area contributed by atoms with Gasteiger partial charge in [-0.1, -0.05) is 18.1 Å². The highest BCUT2D eigenvalue weighted by Gasteiger charge is 2.31. The fourth-order valence-corrected chi connectivity index (χ4v) is 3.62. The fraction of sp³-hybridized carbons (Fsp3) is 0.500. The zero-order valence-electron chi connectivity index (χ0n) is 13.3. The van der Waals surface area contributed by atoms with Crippen LogP contribution in [-0.2, 0) is 16.0 Å². The Hall–Kier alpha value is -2.22. The summed E-state index contributed by atoms with van der Waals surface area (Å²) in [5.74, 6) is -0.235. The molecule has 7 nitrogen and oxygen atoms in total. The molecule has 2 atom stereocenters. The summed E-state index contributed by atoms with van der Waals surface area (Å²) in [6.45, 7) is 2.86. The van der Waals surface area contributed by atoms with Crippen LogP contribution in [0.25, 0.3) is 10.7 Å². The lowest BCUT2D eigenvalue weighted by atomic mass is 9.90. The fourth-order valence-electron chi connectivity index (χ4n) is 2.97. The van der Waals surface area contributed by atoms with Gasteiger partial charge in [0.05, 0.1) is 10.8 Å². The molecule has 24 heavy (non-hydrogen) atoms. The van der Waals surface area contributed by atoms with Crippen molar-refractivity contribution in [3.05, 3.63) is 23.4 Å². The van der Waals surface area contributed by atoms with Crippen molar-refractivity contribution in [3.8, 4) is 10.7 Å². The second-order valence-electron chi connectivity index (χ2n) is 6.16. The molecule has 1 saturated heterocycles. The number of hydrogen-bond acceptors (Lipinski definition) is 6. The number of hydrogen-bond donors (Lipinski definition) is 1. The lowest BCUT2D eigenvalue weighted by molar-refractivity contribution is -0.146.